The van der Waals surface area contributed by atoms with Gasteiger partial charge in [-0.3, -0.25) is 4.90 Å². The molecule has 0 saturated carbocycles. The summed E-state index contributed by atoms with van der Waals surface area (Å²) in [5.41, 5.74) is 1.55. The van der Waals surface area contributed by atoms with E-state index < -0.39 is 12.7 Å². The van der Waals surface area contributed by atoms with Gasteiger partial charge in [0.2, 0.25) is 0 Å². The first-order chi connectivity index (χ1) is 8.94. The van der Waals surface area contributed by atoms with Gasteiger partial charge in [-0.2, -0.15) is 13.2 Å². The highest BCUT2D eigenvalue weighted by Gasteiger charge is 2.30. The van der Waals surface area contributed by atoms with E-state index in [-0.39, 0.29) is 13.2 Å². The van der Waals surface area contributed by atoms with Gasteiger partial charge in [0.05, 0.1) is 13.2 Å². The van der Waals surface area contributed by atoms with Crippen LogP contribution in [0.15, 0.2) is 24.3 Å². The van der Waals surface area contributed by atoms with Crippen molar-refractivity contribution in [1.29, 1.82) is 0 Å². The molecule has 0 aliphatic heterocycles. The highest BCUT2D eigenvalue weighted by atomic mass is 19.4. The topological polar surface area (TPSA) is 35.5 Å². The van der Waals surface area contributed by atoms with E-state index in [0.717, 1.165) is 11.1 Å². The lowest BCUT2D eigenvalue weighted by atomic mass is 10.1. The zero-order valence-corrected chi connectivity index (χ0v) is 10.9. The van der Waals surface area contributed by atoms with Gasteiger partial charge in [-0.15, -0.1) is 0 Å². The maximum Gasteiger partial charge on any atom is 0.401 e. The molecule has 0 bridgehead atoms. The zero-order chi connectivity index (χ0) is 14.3. The Kier molecular flexibility index (Phi) is 6.27. The third-order valence-corrected chi connectivity index (χ3v) is 2.69. The SMILES string of the molecule is CNCCN(Cc1ccc(CO)cc1)CC(F)(F)F. The van der Waals surface area contributed by atoms with E-state index in [9.17, 15) is 13.2 Å². The Bertz CT molecular complexity index is 365. The van der Waals surface area contributed by atoms with Gasteiger partial charge in [-0.05, 0) is 18.2 Å². The number of alkyl halides is 3. The first-order valence-electron chi connectivity index (χ1n) is 6.07. The molecule has 0 unspecified atom stereocenters. The zero-order valence-electron chi connectivity index (χ0n) is 10.9. The summed E-state index contributed by atoms with van der Waals surface area (Å²) < 4.78 is 37.4. The molecule has 19 heavy (non-hydrogen) atoms. The predicted octanol–water partition coefficient (Wildman–Crippen LogP) is 1.76. The summed E-state index contributed by atoms with van der Waals surface area (Å²) in [6.45, 7) is 0.0954. The van der Waals surface area contributed by atoms with Crippen LogP contribution in [0, 0.1) is 0 Å². The van der Waals surface area contributed by atoms with Crippen molar-refractivity contribution in [2.75, 3.05) is 26.7 Å². The Morgan fingerprint density at radius 2 is 1.74 bits per heavy atom. The summed E-state index contributed by atoms with van der Waals surface area (Å²) in [5, 5.41) is 11.8. The highest BCUT2D eigenvalue weighted by Crippen LogP contribution is 2.18. The molecule has 0 amide bonds. The van der Waals surface area contributed by atoms with Crippen molar-refractivity contribution >= 4 is 0 Å². The number of hydrogen-bond donors (Lipinski definition) is 2. The van der Waals surface area contributed by atoms with Crippen LogP contribution >= 0.6 is 0 Å². The van der Waals surface area contributed by atoms with E-state index in [0.29, 0.717) is 13.1 Å². The quantitative estimate of drug-likeness (QED) is 0.796. The molecule has 1 aromatic carbocycles. The number of nitrogens with one attached hydrogen (secondary N) is 1. The number of hydrogen-bond acceptors (Lipinski definition) is 3. The summed E-state index contributed by atoms with van der Waals surface area (Å²) in [5.74, 6) is 0. The summed E-state index contributed by atoms with van der Waals surface area (Å²) in [7, 11) is 1.71. The van der Waals surface area contributed by atoms with Gasteiger partial charge < -0.3 is 10.4 Å². The molecule has 2 N–H and O–H groups in total. The van der Waals surface area contributed by atoms with E-state index in [1.165, 1.54) is 4.90 Å². The molecule has 3 nitrogen and oxygen atoms in total. The van der Waals surface area contributed by atoms with Gasteiger partial charge in [-0.25, -0.2) is 0 Å². The summed E-state index contributed by atoms with van der Waals surface area (Å²) in [6, 6.07) is 6.93. The van der Waals surface area contributed by atoms with Gasteiger partial charge in [0.15, 0.2) is 0 Å². The maximum atomic E-state index is 12.5. The first kappa shape index (κ1) is 15.9. The van der Waals surface area contributed by atoms with E-state index in [2.05, 4.69) is 5.32 Å². The molecule has 0 spiro atoms. The molecule has 1 rings (SSSR count). The normalized spacial score (nSPS) is 12.1. The fourth-order valence-electron chi connectivity index (χ4n) is 1.75. The lowest BCUT2D eigenvalue weighted by molar-refractivity contribution is -0.146. The number of rotatable bonds is 7. The molecule has 0 aliphatic carbocycles. The van der Waals surface area contributed by atoms with Crippen LogP contribution in [0.25, 0.3) is 0 Å². The number of halogens is 3. The molecule has 0 aliphatic rings. The molecular weight excluding hydrogens is 257 g/mol. The van der Waals surface area contributed by atoms with E-state index >= 15 is 0 Å². The van der Waals surface area contributed by atoms with Crippen LogP contribution in [0.4, 0.5) is 13.2 Å². The Hall–Kier alpha value is -1.11. The minimum Gasteiger partial charge on any atom is -0.392 e. The average Bonchev–Trinajstić information content (AvgIpc) is 2.35. The predicted molar refractivity (Wildman–Crippen MR) is 67.6 cm³/mol. The number of nitrogens with zero attached hydrogens (tertiary/aromatic N) is 1. The molecule has 108 valence electrons. The van der Waals surface area contributed by atoms with Crippen LogP contribution in [0.2, 0.25) is 0 Å². The second kappa shape index (κ2) is 7.47. The molecule has 0 aromatic heterocycles. The van der Waals surface area contributed by atoms with Crippen LogP contribution in [0.1, 0.15) is 11.1 Å². The van der Waals surface area contributed by atoms with Crippen molar-refractivity contribution in [1.82, 2.24) is 10.2 Å². The Morgan fingerprint density at radius 3 is 2.21 bits per heavy atom. The van der Waals surface area contributed by atoms with Crippen LogP contribution in [-0.4, -0.2) is 42.9 Å². The minimum absolute atomic E-state index is 0.0632. The molecule has 0 radical (unpaired) electrons. The Balaban J connectivity index is 2.63. The van der Waals surface area contributed by atoms with Crippen molar-refractivity contribution in [2.45, 2.75) is 19.3 Å². The first-order valence-corrected chi connectivity index (χ1v) is 6.07. The van der Waals surface area contributed by atoms with Gasteiger partial charge >= 0.3 is 6.18 Å². The van der Waals surface area contributed by atoms with Crippen LogP contribution < -0.4 is 5.32 Å². The largest absolute Gasteiger partial charge is 0.401 e. The van der Waals surface area contributed by atoms with Gasteiger partial charge in [0.25, 0.3) is 0 Å². The van der Waals surface area contributed by atoms with Gasteiger partial charge in [0.1, 0.15) is 0 Å². The van der Waals surface area contributed by atoms with Crippen molar-refractivity contribution in [3.8, 4) is 0 Å². The average molecular weight is 276 g/mol. The fraction of sp³-hybridized carbons (Fsp3) is 0.538. The monoisotopic (exact) mass is 276 g/mol. The molecule has 0 fully saturated rings. The fourth-order valence-corrected chi connectivity index (χ4v) is 1.75. The van der Waals surface area contributed by atoms with Crippen molar-refractivity contribution in [3.63, 3.8) is 0 Å². The lowest BCUT2D eigenvalue weighted by Gasteiger charge is -2.23. The van der Waals surface area contributed by atoms with Crippen LogP contribution in [0.3, 0.4) is 0 Å². The van der Waals surface area contributed by atoms with E-state index in [4.69, 9.17) is 5.11 Å². The number of benzene rings is 1. The van der Waals surface area contributed by atoms with Gasteiger partial charge in [0, 0.05) is 19.6 Å². The third kappa shape index (κ3) is 6.56. The van der Waals surface area contributed by atoms with Crippen LogP contribution in [0.5, 0.6) is 0 Å². The van der Waals surface area contributed by atoms with E-state index in [1.54, 1.807) is 31.3 Å². The molecular formula is C13H19F3N2O. The van der Waals surface area contributed by atoms with E-state index in [1.807, 2.05) is 0 Å². The summed E-state index contributed by atoms with van der Waals surface area (Å²) >= 11 is 0. The Morgan fingerprint density at radius 1 is 1.16 bits per heavy atom. The Labute approximate surface area is 111 Å². The van der Waals surface area contributed by atoms with Crippen molar-refractivity contribution in [2.24, 2.45) is 0 Å². The third-order valence-electron chi connectivity index (χ3n) is 2.69. The van der Waals surface area contributed by atoms with Crippen molar-refractivity contribution in [3.05, 3.63) is 35.4 Å². The molecule has 6 heteroatoms. The second-order valence-corrected chi connectivity index (χ2v) is 4.40. The second-order valence-electron chi connectivity index (χ2n) is 4.40. The number of likely N-dealkylation sites (N-methyl/N-ethyl adjacent to an activating group) is 1. The molecule has 1 aromatic rings. The van der Waals surface area contributed by atoms with Crippen LogP contribution in [-0.2, 0) is 13.2 Å². The summed E-state index contributed by atoms with van der Waals surface area (Å²) in [4.78, 5) is 1.35. The molecule has 0 heterocycles. The maximum absolute atomic E-state index is 12.5. The molecule has 0 atom stereocenters. The number of aliphatic hydroxyl groups is 1. The van der Waals surface area contributed by atoms with Crippen molar-refractivity contribution < 1.29 is 18.3 Å². The highest BCUT2D eigenvalue weighted by molar-refractivity contribution is 5.21. The smallest absolute Gasteiger partial charge is 0.392 e. The minimum atomic E-state index is -4.20. The lowest BCUT2D eigenvalue weighted by Crippen LogP contribution is -2.37. The van der Waals surface area contributed by atoms with Gasteiger partial charge in [-0.1, -0.05) is 24.3 Å². The standard InChI is InChI=1S/C13H19F3N2O/c1-17-6-7-18(10-13(14,15)16)8-11-2-4-12(9-19)5-3-11/h2-5,17,19H,6-10H2,1H3. The summed E-state index contributed by atoms with van der Waals surface area (Å²) in [6.07, 6.45) is -4.20. The molecule has 0 saturated heterocycles. The number of aliphatic hydroxyl groups excluding tert-OH is 1.